The van der Waals surface area contributed by atoms with Gasteiger partial charge in [0.1, 0.15) is 23.5 Å². The molecule has 3 N–H and O–H groups in total. The van der Waals surface area contributed by atoms with Crippen LogP contribution in [0.4, 0.5) is 8.78 Å². The Bertz CT molecular complexity index is 704. The number of ether oxygens (including phenoxy) is 2. The van der Waals surface area contributed by atoms with Crippen molar-refractivity contribution in [2.24, 2.45) is 5.73 Å². The first kappa shape index (κ1) is 18.7. The molecule has 0 fully saturated rings. The van der Waals surface area contributed by atoms with Gasteiger partial charge in [-0.1, -0.05) is 6.92 Å². The van der Waals surface area contributed by atoms with Gasteiger partial charge in [-0.25, -0.2) is 0 Å². The fraction of sp³-hybridized carbons (Fsp3) is 0.353. The third kappa shape index (κ3) is 5.46. The van der Waals surface area contributed by atoms with Crippen LogP contribution in [0.25, 0.3) is 0 Å². The lowest BCUT2D eigenvalue weighted by atomic mass is 10.2. The molecule has 0 saturated heterocycles. The van der Waals surface area contributed by atoms with Gasteiger partial charge in [0.15, 0.2) is 0 Å². The molecule has 1 aromatic carbocycles. The maximum atomic E-state index is 12.6. The van der Waals surface area contributed by atoms with Gasteiger partial charge >= 0.3 is 6.61 Å². The highest BCUT2D eigenvalue weighted by Gasteiger charge is 2.14. The molecule has 0 spiro atoms. The van der Waals surface area contributed by atoms with Gasteiger partial charge in [0.05, 0.1) is 18.7 Å². The predicted molar refractivity (Wildman–Crippen MR) is 86.6 cm³/mol. The molecule has 1 heterocycles. The van der Waals surface area contributed by atoms with Crippen molar-refractivity contribution in [2.45, 2.75) is 33.0 Å². The van der Waals surface area contributed by atoms with Crippen molar-refractivity contribution in [3.63, 3.8) is 0 Å². The van der Waals surface area contributed by atoms with E-state index in [1.807, 2.05) is 6.92 Å². The number of hydrogen-bond donors (Lipinski definition) is 2. The van der Waals surface area contributed by atoms with Crippen molar-refractivity contribution in [1.82, 2.24) is 5.32 Å². The zero-order chi connectivity index (χ0) is 18.2. The van der Waals surface area contributed by atoms with E-state index in [4.69, 9.17) is 14.9 Å². The number of benzene rings is 1. The molecular weight excluding hydrogens is 334 g/mol. The molecule has 0 bridgehead atoms. The van der Waals surface area contributed by atoms with Crippen LogP contribution in [0.15, 0.2) is 34.9 Å². The first-order valence-electron chi connectivity index (χ1n) is 7.79. The van der Waals surface area contributed by atoms with Gasteiger partial charge in [-0.3, -0.25) is 4.79 Å². The summed E-state index contributed by atoms with van der Waals surface area (Å²) in [5, 5.41) is 2.62. The SMILES string of the molecule is CCCOc1ccc(CNC(=O)c2coc(CN)c2)c(OC(F)F)c1. The molecule has 0 atom stereocenters. The number of nitrogens with one attached hydrogen (secondary N) is 1. The summed E-state index contributed by atoms with van der Waals surface area (Å²) >= 11 is 0. The van der Waals surface area contributed by atoms with Gasteiger partial charge in [0, 0.05) is 18.2 Å². The first-order chi connectivity index (χ1) is 12.0. The average Bonchev–Trinajstić information content (AvgIpc) is 3.07. The quantitative estimate of drug-likeness (QED) is 0.723. The van der Waals surface area contributed by atoms with Crippen molar-refractivity contribution in [3.05, 3.63) is 47.4 Å². The number of alkyl halides is 2. The second-order valence-electron chi connectivity index (χ2n) is 5.18. The summed E-state index contributed by atoms with van der Waals surface area (Å²) < 4.78 is 40.3. The van der Waals surface area contributed by atoms with Crippen LogP contribution in [-0.2, 0) is 13.1 Å². The Kier molecular flexibility index (Phi) is 6.76. The van der Waals surface area contributed by atoms with Crippen molar-refractivity contribution < 1.29 is 27.5 Å². The minimum Gasteiger partial charge on any atom is -0.493 e. The van der Waals surface area contributed by atoms with E-state index in [1.54, 1.807) is 12.1 Å². The Morgan fingerprint density at radius 1 is 1.36 bits per heavy atom. The van der Waals surface area contributed by atoms with Crippen LogP contribution in [0, 0.1) is 0 Å². The second-order valence-corrected chi connectivity index (χ2v) is 5.18. The van der Waals surface area contributed by atoms with Crippen LogP contribution >= 0.6 is 0 Å². The fourth-order valence-corrected chi connectivity index (χ4v) is 2.08. The van der Waals surface area contributed by atoms with Crippen LogP contribution in [0.5, 0.6) is 11.5 Å². The monoisotopic (exact) mass is 354 g/mol. The van der Waals surface area contributed by atoms with Gasteiger partial charge in [0.2, 0.25) is 0 Å². The van der Waals surface area contributed by atoms with E-state index >= 15 is 0 Å². The Morgan fingerprint density at radius 3 is 2.80 bits per heavy atom. The van der Waals surface area contributed by atoms with Gasteiger partial charge in [-0.2, -0.15) is 8.78 Å². The normalized spacial score (nSPS) is 10.8. The van der Waals surface area contributed by atoms with Crippen molar-refractivity contribution in [3.8, 4) is 11.5 Å². The highest BCUT2D eigenvalue weighted by atomic mass is 19.3. The molecule has 0 unspecified atom stereocenters. The molecule has 8 heteroatoms. The highest BCUT2D eigenvalue weighted by molar-refractivity contribution is 5.93. The summed E-state index contributed by atoms with van der Waals surface area (Å²) in [7, 11) is 0. The number of carbonyl (C=O) groups excluding carboxylic acids is 1. The highest BCUT2D eigenvalue weighted by Crippen LogP contribution is 2.27. The Balaban J connectivity index is 2.07. The third-order valence-corrected chi connectivity index (χ3v) is 3.28. The van der Waals surface area contributed by atoms with E-state index in [2.05, 4.69) is 10.1 Å². The summed E-state index contributed by atoms with van der Waals surface area (Å²) in [6.45, 7) is -0.380. The standard InChI is InChI=1S/C17H20F2N2O4/c1-2-5-23-13-4-3-11(15(7-13)25-17(18)19)9-21-16(22)12-6-14(8-20)24-10-12/h3-4,6-7,10,17H,2,5,8-9,20H2,1H3,(H,21,22). The third-order valence-electron chi connectivity index (χ3n) is 3.28. The zero-order valence-electron chi connectivity index (χ0n) is 13.8. The smallest absolute Gasteiger partial charge is 0.387 e. The molecule has 1 aromatic heterocycles. The minimum absolute atomic E-state index is 0.0120. The molecule has 0 radical (unpaired) electrons. The van der Waals surface area contributed by atoms with Crippen LogP contribution in [0.1, 0.15) is 35.0 Å². The predicted octanol–water partition coefficient (Wildman–Crippen LogP) is 3.06. The molecule has 1 amide bonds. The number of rotatable bonds is 9. The number of hydrogen-bond acceptors (Lipinski definition) is 5. The molecule has 2 aromatic rings. The van der Waals surface area contributed by atoms with E-state index < -0.39 is 12.5 Å². The van der Waals surface area contributed by atoms with E-state index in [1.165, 1.54) is 18.4 Å². The summed E-state index contributed by atoms with van der Waals surface area (Å²) in [5.41, 5.74) is 6.13. The number of carbonyl (C=O) groups is 1. The van der Waals surface area contributed by atoms with E-state index in [-0.39, 0.29) is 18.8 Å². The molecule has 0 aliphatic heterocycles. The zero-order valence-corrected chi connectivity index (χ0v) is 13.8. The number of nitrogens with two attached hydrogens (primary N) is 1. The summed E-state index contributed by atoms with van der Waals surface area (Å²) in [6, 6.07) is 6.12. The summed E-state index contributed by atoms with van der Waals surface area (Å²) in [5.74, 6) is 0.454. The van der Waals surface area contributed by atoms with Crippen LogP contribution in [0.2, 0.25) is 0 Å². The van der Waals surface area contributed by atoms with Gasteiger partial charge in [0.25, 0.3) is 5.91 Å². The van der Waals surface area contributed by atoms with Gasteiger partial charge < -0.3 is 24.9 Å². The van der Waals surface area contributed by atoms with Crippen molar-refractivity contribution >= 4 is 5.91 Å². The van der Waals surface area contributed by atoms with Gasteiger partial charge in [-0.05, 0) is 24.6 Å². The molecule has 136 valence electrons. The minimum atomic E-state index is -2.98. The Labute approximate surface area is 143 Å². The fourth-order valence-electron chi connectivity index (χ4n) is 2.08. The van der Waals surface area contributed by atoms with E-state index in [0.29, 0.717) is 29.2 Å². The summed E-state index contributed by atoms with van der Waals surface area (Å²) in [4.78, 5) is 12.1. The average molecular weight is 354 g/mol. The molecule has 2 rings (SSSR count). The lowest BCUT2D eigenvalue weighted by Gasteiger charge is -2.13. The van der Waals surface area contributed by atoms with E-state index in [0.717, 1.165) is 6.42 Å². The lowest BCUT2D eigenvalue weighted by Crippen LogP contribution is -2.23. The molecule has 0 aliphatic carbocycles. The van der Waals surface area contributed by atoms with Crippen molar-refractivity contribution in [2.75, 3.05) is 6.61 Å². The van der Waals surface area contributed by atoms with Crippen LogP contribution in [0.3, 0.4) is 0 Å². The maximum Gasteiger partial charge on any atom is 0.387 e. The Hall–Kier alpha value is -2.61. The topological polar surface area (TPSA) is 86.7 Å². The van der Waals surface area contributed by atoms with Crippen LogP contribution < -0.4 is 20.5 Å². The molecular formula is C17H20F2N2O4. The number of furan rings is 1. The number of amides is 1. The summed E-state index contributed by atoms with van der Waals surface area (Å²) in [6.07, 6.45) is 2.08. The molecule has 0 saturated carbocycles. The lowest BCUT2D eigenvalue weighted by molar-refractivity contribution is -0.0505. The number of halogens is 2. The van der Waals surface area contributed by atoms with Crippen molar-refractivity contribution in [1.29, 1.82) is 0 Å². The maximum absolute atomic E-state index is 12.6. The molecule has 25 heavy (non-hydrogen) atoms. The largest absolute Gasteiger partial charge is 0.493 e. The van der Waals surface area contributed by atoms with Gasteiger partial charge in [-0.15, -0.1) is 0 Å². The second kappa shape index (κ2) is 9.03. The molecule has 6 nitrogen and oxygen atoms in total. The first-order valence-corrected chi connectivity index (χ1v) is 7.79. The Morgan fingerprint density at radius 2 is 2.16 bits per heavy atom. The molecule has 0 aliphatic rings. The van der Waals surface area contributed by atoms with E-state index in [9.17, 15) is 13.6 Å². The van der Waals surface area contributed by atoms with Crippen LogP contribution in [-0.4, -0.2) is 19.1 Å².